The number of methoxy groups -OCH3 is 4. The normalized spacial score (nSPS) is 10.6. The largest absolute Gasteiger partial charge is 0.493 e. The van der Waals surface area contributed by atoms with E-state index in [1.54, 1.807) is 34.6 Å². The highest BCUT2D eigenvalue weighted by Crippen LogP contribution is 2.37. The Hall–Kier alpha value is -4.04. The van der Waals surface area contributed by atoms with E-state index in [2.05, 4.69) is 15.6 Å². The number of nitrogens with zero attached hydrogens (tertiary/aromatic N) is 1. The van der Waals surface area contributed by atoms with E-state index in [4.69, 9.17) is 31.2 Å². The molecular weight excluding hydrogens is 474 g/mol. The summed E-state index contributed by atoms with van der Waals surface area (Å²) in [6.45, 7) is 0.613. The maximum absolute atomic E-state index is 5.60. The number of anilines is 1. The number of thiocarbonyl (C=S) groups is 1. The minimum Gasteiger partial charge on any atom is -0.493 e. The molecule has 0 aliphatic heterocycles. The van der Waals surface area contributed by atoms with Crippen LogP contribution in [0.4, 0.5) is 5.69 Å². The van der Waals surface area contributed by atoms with Gasteiger partial charge in [0, 0.05) is 36.3 Å². The minimum absolute atomic E-state index is 0.504. The van der Waals surface area contributed by atoms with Crippen LogP contribution in [0.25, 0.3) is 10.8 Å². The van der Waals surface area contributed by atoms with Crippen LogP contribution in [0.5, 0.6) is 23.0 Å². The lowest BCUT2D eigenvalue weighted by Gasteiger charge is -2.18. The standard InChI is InChI=1S/C28H29N3O4S/c1-32-24-13-19-10-11-29-23(21(19)15-26(24)34-3)12-20-14-25(33-2)27(35-4)16-22(20)31-28(36)30-17-18-8-6-5-7-9-18/h5-11,13-16H,12,17H2,1-4H3,(H2,30,31,36). The van der Waals surface area contributed by atoms with Crippen LogP contribution >= 0.6 is 12.2 Å². The highest BCUT2D eigenvalue weighted by molar-refractivity contribution is 7.80. The summed E-state index contributed by atoms with van der Waals surface area (Å²) in [5.41, 5.74) is 3.77. The Morgan fingerprint density at radius 2 is 1.44 bits per heavy atom. The van der Waals surface area contributed by atoms with E-state index in [1.807, 2.05) is 60.7 Å². The Morgan fingerprint density at radius 1 is 0.806 bits per heavy atom. The van der Waals surface area contributed by atoms with Crippen LogP contribution < -0.4 is 29.6 Å². The monoisotopic (exact) mass is 503 g/mol. The fourth-order valence-corrected chi connectivity index (χ4v) is 4.19. The summed E-state index contributed by atoms with van der Waals surface area (Å²) in [6, 6.07) is 19.8. The number of benzene rings is 3. The molecule has 8 heteroatoms. The van der Waals surface area contributed by atoms with Crippen molar-refractivity contribution in [3.63, 3.8) is 0 Å². The molecule has 0 amide bonds. The molecule has 0 radical (unpaired) electrons. The zero-order chi connectivity index (χ0) is 25.5. The first-order chi connectivity index (χ1) is 17.6. The van der Waals surface area contributed by atoms with Crippen LogP contribution in [0.1, 0.15) is 16.8 Å². The van der Waals surface area contributed by atoms with E-state index in [1.165, 1.54) is 0 Å². The molecule has 0 unspecified atom stereocenters. The molecule has 1 heterocycles. The quantitative estimate of drug-likeness (QED) is 0.296. The average Bonchev–Trinajstić information content (AvgIpc) is 2.92. The fraction of sp³-hybridized carbons (Fsp3) is 0.214. The summed E-state index contributed by atoms with van der Waals surface area (Å²) < 4.78 is 22.1. The molecule has 1 aromatic heterocycles. The highest BCUT2D eigenvalue weighted by Gasteiger charge is 2.16. The van der Waals surface area contributed by atoms with Gasteiger partial charge in [0.05, 0.1) is 34.1 Å². The molecule has 0 aliphatic carbocycles. The van der Waals surface area contributed by atoms with Crippen molar-refractivity contribution in [3.05, 3.63) is 83.7 Å². The number of rotatable bonds is 9. The molecule has 4 aromatic rings. The van der Waals surface area contributed by atoms with Gasteiger partial charge >= 0.3 is 0 Å². The average molecular weight is 504 g/mol. The Bertz CT molecular complexity index is 1360. The highest BCUT2D eigenvalue weighted by atomic mass is 32.1. The molecule has 0 aliphatic rings. The summed E-state index contributed by atoms with van der Waals surface area (Å²) >= 11 is 5.60. The van der Waals surface area contributed by atoms with E-state index < -0.39 is 0 Å². The second-order valence-corrected chi connectivity index (χ2v) is 8.43. The summed E-state index contributed by atoms with van der Waals surface area (Å²) in [7, 11) is 6.48. The van der Waals surface area contributed by atoms with E-state index >= 15 is 0 Å². The maximum atomic E-state index is 5.60. The van der Waals surface area contributed by atoms with Gasteiger partial charge in [-0.05, 0) is 53.0 Å². The van der Waals surface area contributed by atoms with E-state index in [9.17, 15) is 0 Å². The molecule has 0 saturated carbocycles. The summed E-state index contributed by atoms with van der Waals surface area (Å²) in [6.07, 6.45) is 2.32. The minimum atomic E-state index is 0.504. The van der Waals surface area contributed by atoms with Crippen molar-refractivity contribution in [3.8, 4) is 23.0 Å². The zero-order valence-electron chi connectivity index (χ0n) is 20.8. The number of aromatic nitrogens is 1. The topological polar surface area (TPSA) is 73.9 Å². The van der Waals surface area contributed by atoms with Crippen molar-refractivity contribution in [1.29, 1.82) is 0 Å². The molecule has 4 rings (SSSR count). The van der Waals surface area contributed by atoms with E-state index in [-0.39, 0.29) is 0 Å². The van der Waals surface area contributed by atoms with Crippen molar-refractivity contribution < 1.29 is 18.9 Å². The van der Waals surface area contributed by atoms with E-state index in [0.29, 0.717) is 41.1 Å². The van der Waals surface area contributed by atoms with Gasteiger partial charge in [-0.3, -0.25) is 4.98 Å². The van der Waals surface area contributed by atoms with Crippen LogP contribution in [0.15, 0.2) is 66.9 Å². The Morgan fingerprint density at radius 3 is 2.14 bits per heavy atom. The Kier molecular flexibility index (Phi) is 8.07. The van der Waals surface area contributed by atoms with Gasteiger partial charge in [0.15, 0.2) is 28.1 Å². The first-order valence-corrected chi connectivity index (χ1v) is 11.8. The number of hydrogen-bond donors (Lipinski definition) is 2. The third kappa shape index (κ3) is 5.60. The fourth-order valence-electron chi connectivity index (χ4n) is 4.01. The third-order valence-electron chi connectivity index (χ3n) is 5.86. The smallest absolute Gasteiger partial charge is 0.171 e. The van der Waals surface area contributed by atoms with E-state index in [0.717, 1.165) is 33.3 Å². The van der Waals surface area contributed by atoms with Gasteiger partial charge in [-0.15, -0.1) is 0 Å². The Labute approximate surface area is 216 Å². The van der Waals surface area contributed by atoms with Crippen LogP contribution in [0.3, 0.4) is 0 Å². The molecule has 2 N–H and O–H groups in total. The lowest BCUT2D eigenvalue weighted by molar-refractivity contribution is 0.355. The number of fused-ring (bicyclic) bond motifs is 1. The summed E-state index contributed by atoms with van der Waals surface area (Å²) in [5.74, 6) is 2.55. The molecule has 0 fully saturated rings. The van der Waals surface area contributed by atoms with Gasteiger partial charge in [-0.1, -0.05) is 30.3 Å². The Balaban J connectivity index is 1.67. The van der Waals surface area contributed by atoms with Crippen LogP contribution in [0, 0.1) is 0 Å². The van der Waals surface area contributed by atoms with Crippen molar-refractivity contribution in [2.45, 2.75) is 13.0 Å². The number of ether oxygens (including phenoxy) is 4. The van der Waals surface area contributed by atoms with Gasteiger partial charge in [0.25, 0.3) is 0 Å². The SMILES string of the molecule is COc1cc(Cc2nccc3cc(OC)c(OC)cc23)c(NC(=S)NCc2ccccc2)cc1OC. The molecule has 0 spiro atoms. The van der Waals surface area contributed by atoms with Gasteiger partial charge < -0.3 is 29.6 Å². The van der Waals surface area contributed by atoms with Crippen LogP contribution in [-0.2, 0) is 13.0 Å². The maximum Gasteiger partial charge on any atom is 0.171 e. The van der Waals surface area contributed by atoms with Crippen molar-refractivity contribution in [1.82, 2.24) is 10.3 Å². The molecule has 36 heavy (non-hydrogen) atoms. The summed E-state index contributed by atoms with van der Waals surface area (Å²) in [4.78, 5) is 4.68. The van der Waals surface area contributed by atoms with Gasteiger partial charge in [-0.2, -0.15) is 0 Å². The molecule has 3 aromatic carbocycles. The summed E-state index contributed by atoms with van der Waals surface area (Å²) in [5, 5.41) is 9.08. The first kappa shape index (κ1) is 25.1. The van der Waals surface area contributed by atoms with Crippen LogP contribution in [0.2, 0.25) is 0 Å². The lowest BCUT2D eigenvalue weighted by Crippen LogP contribution is -2.28. The number of pyridine rings is 1. The molecule has 186 valence electrons. The first-order valence-electron chi connectivity index (χ1n) is 11.4. The molecule has 0 saturated heterocycles. The zero-order valence-corrected chi connectivity index (χ0v) is 21.6. The van der Waals surface area contributed by atoms with Gasteiger partial charge in [0.2, 0.25) is 0 Å². The molecular formula is C28H29N3O4S. The number of hydrogen-bond acceptors (Lipinski definition) is 6. The predicted molar refractivity (Wildman–Crippen MR) is 147 cm³/mol. The van der Waals surface area contributed by atoms with Gasteiger partial charge in [0.1, 0.15) is 0 Å². The molecule has 0 bridgehead atoms. The predicted octanol–water partition coefficient (Wildman–Crippen LogP) is 5.35. The van der Waals surface area contributed by atoms with Crippen molar-refractivity contribution in [2.24, 2.45) is 0 Å². The second-order valence-electron chi connectivity index (χ2n) is 8.02. The molecule has 0 atom stereocenters. The van der Waals surface area contributed by atoms with Crippen LogP contribution in [-0.4, -0.2) is 38.5 Å². The van der Waals surface area contributed by atoms with Crippen molar-refractivity contribution in [2.75, 3.05) is 33.8 Å². The second kappa shape index (κ2) is 11.6. The number of nitrogens with one attached hydrogen (secondary N) is 2. The van der Waals surface area contributed by atoms with Crippen molar-refractivity contribution >= 4 is 33.8 Å². The van der Waals surface area contributed by atoms with Gasteiger partial charge in [-0.25, -0.2) is 0 Å². The molecule has 7 nitrogen and oxygen atoms in total. The third-order valence-corrected chi connectivity index (χ3v) is 6.11. The lowest BCUT2D eigenvalue weighted by atomic mass is 10.0.